The third kappa shape index (κ3) is 3.69. The third-order valence-electron chi connectivity index (χ3n) is 5.73. The molecule has 1 heterocycles. The van der Waals surface area contributed by atoms with Crippen molar-refractivity contribution in [2.24, 2.45) is 0 Å². The van der Waals surface area contributed by atoms with Gasteiger partial charge < -0.3 is 4.90 Å². The number of fused-ring (bicyclic) bond motifs is 1. The Labute approximate surface area is 175 Å². The molecule has 7 heteroatoms. The van der Waals surface area contributed by atoms with Gasteiger partial charge in [-0.3, -0.25) is 4.79 Å². The summed E-state index contributed by atoms with van der Waals surface area (Å²) in [5.74, 6) is -1.74. The van der Waals surface area contributed by atoms with E-state index in [-0.39, 0.29) is 12.3 Å². The Morgan fingerprint density at radius 2 is 1.55 bits per heavy atom. The number of carbonyl (C=O) groups is 1. The van der Waals surface area contributed by atoms with Crippen LogP contribution in [0.15, 0.2) is 60.7 Å². The van der Waals surface area contributed by atoms with Gasteiger partial charge >= 0.3 is 6.18 Å². The van der Waals surface area contributed by atoms with Crippen LogP contribution in [0.1, 0.15) is 23.6 Å². The monoisotopic (exact) mass is 431 g/mol. The fraction of sp³-hybridized carbons (Fsp3) is 0.208. The highest BCUT2D eigenvalue weighted by Gasteiger charge is 2.46. The van der Waals surface area contributed by atoms with Crippen molar-refractivity contribution in [2.75, 3.05) is 11.9 Å². The summed E-state index contributed by atoms with van der Waals surface area (Å²) < 4.78 is 66.7. The molecule has 0 N–H and O–H groups in total. The number of carbonyl (C=O) groups excluding carboxylic acids is 1. The van der Waals surface area contributed by atoms with Crippen LogP contribution in [0.5, 0.6) is 0 Å². The highest BCUT2D eigenvalue weighted by molar-refractivity contribution is 6.08. The maximum atomic E-state index is 13.7. The number of benzene rings is 3. The van der Waals surface area contributed by atoms with Crippen LogP contribution in [0.4, 0.5) is 27.6 Å². The van der Waals surface area contributed by atoms with Crippen molar-refractivity contribution in [1.82, 2.24) is 0 Å². The van der Waals surface area contributed by atoms with Crippen molar-refractivity contribution >= 4 is 11.6 Å². The molecule has 0 aliphatic carbocycles. The molecule has 3 aromatic carbocycles. The minimum atomic E-state index is -4.47. The quantitative estimate of drug-likeness (QED) is 0.457. The molecule has 0 spiro atoms. The van der Waals surface area contributed by atoms with Crippen molar-refractivity contribution in [3.05, 3.63) is 89.0 Å². The predicted octanol–water partition coefficient (Wildman–Crippen LogP) is 6.13. The summed E-state index contributed by atoms with van der Waals surface area (Å²) in [6, 6.07) is 13.1. The van der Waals surface area contributed by atoms with E-state index in [1.54, 1.807) is 38.2 Å². The molecule has 0 saturated heterocycles. The number of halogens is 5. The molecular weight excluding hydrogens is 413 g/mol. The fourth-order valence-corrected chi connectivity index (χ4v) is 4.21. The highest BCUT2D eigenvalue weighted by atomic mass is 19.4. The molecule has 0 saturated carbocycles. The van der Waals surface area contributed by atoms with Gasteiger partial charge in [0.25, 0.3) is 0 Å². The number of nitrogens with zero attached hydrogens (tertiary/aromatic N) is 1. The molecule has 0 aromatic heterocycles. The van der Waals surface area contributed by atoms with E-state index >= 15 is 0 Å². The lowest BCUT2D eigenvalue weighted by molar-refractivity contribution is -0.137. The molecule has 2 nitrogen and oxygen atoms in total. The first-order valence-electron chi connectivity index (χ1n) is 9.54. The van der Waals surface area contributed by atoms with Crippen molar-refractivity contribution in [3.8, 4) is 11.1 Å². The first-order chi connectivity index (χ1) is 14.5. The highest BCUT2D eigenvalue weighted by Crippen LogP contribution is 2.45. The smallest absolute Gasteiger partial charge is 0.314 e. The van der Waals surface area contributed by atoms with E-state index in [0.717, 1.165) is 18.2 Å². The molecule has 31 heavy (non-hydrogen) atoms. The van der Waals surface area contributed by atoms with Gasteiger partial charge in [0.1, 0.15) is 11.6 Å². The van der Waals surface area contributed by atoms with Crippen molar-refractivity contribution in [1.29, 1.82) is 0 Å². The topological polar surface area (TPSA) is 20.3 Å². The Kier molecular flexibility index (Phi) is 4.87. The van der Waals surface area contributed by atoms with Crippen molar-refractivity contribution in [2.45, 2.75) is 24.9 Å². The molecule has 160 valence electrons. The lowest BCUT2D eigenvalue weighted by Crippen LogP contribution is -2.37. The second-order valence-electron chi connectivity index (χ2n) is 7.96. The molecule has 4 rings (SSSR count). The first kappa shape index (κ1) is 21.0. The van der Waals surface area contributed by atoms with Gasteiger partial charge in [0.05, 0.1) is 11.0 Å². The molecule has 1 unspecified atom stereocenters. The fourth-order valence-electron chi connectivity index (χ4n) is 4.21. The standard InChI is InChI=1S/C24H18F5NO/c1-23(13-14-8-18(25)12-19(26)9-14)20-11-16(6-7-21(20)30(2)22(23)31)15-4-3-5-17(10-15)24(27,28)29/h3-12H,13H2,1-2H3. The normalized spacial score (nSPS) is 18.4. The van der Waals surface area contributed by atoms with Gasteiger partial charge in [0, 0.05) is 18.8 Å². The molecule has 0 bridgehead atoms. The lowest BCUT2D eigenvalue weighted by Gasteiger charge is -2.24. The largest absolute Gasteiger partial charge is 0.416 e. The number of anilines is 1. The third-order valence-corrected chi connectivity index (χ3v) is 5.73. The van der Waals surface area contributed by atoms with Crippen LogP contribution in [-0.4, -0.2) is 13.0 Å². The zero-order valence-corrected chi connectivity index (χ0v) is 16.7. The Hall–Kier alpha value is -3.22. The molecule has 1 aliphatic heterocycles. The second kappa shape index (κ2) is 7.18. The lowest BCUT2D eigenvalue weighted by atomic mass is 9.77. The molecule has 1 aliphatic rings. The van der Waals surface area contributed by atoms with Gasteiger partial charge in [-0.1, -0.05) is 18.2 Å². The Balaban J connectivity index is 1.80. The molecule has 3 aromatic rings. The molecule has 0 fully saturated rings. The van der Waals surface area contributed by atoms with Crippen LogP contribution < -0.4 is 4.90 Å². The summed E-state index contributed by atoms with van der Waals surface area (Å²) in [7, 11) is 1.60. The van der Waals surface area contributed by atoms with Crippen LogP contribution in [0, 0.1) is 11.6 Å². The van der Waals surface area contributed by atoms with Crippen molar-refractivity contribution < 1.29 is 26.7 Å². The van der Waals surface area contributed by atoms with Crippen LogP contribution in [0.3, 0.4) is 0 Å². The summed E-state index contributed by atoms with van der Waals surface area (Å²) in [4.78, 5) is 14.5. The summed E-state index contributed by atoms with van der Waals surface area (Å²) in [6.45, 7) is 1.68. The Morgan fingerprint density at radius 3 is 2.19 bits per heavy atom. The van der Waals surface area contributed by atoms with Crippen LogP contribution in [0.25, 0.3) is 11.1 Å². The minimum Gasteiger partial charge on any atom is -0.314 e. The summed E-state index contributed by atoms with van der Waals surface area (Å²) in [5, 5.41) is 0. The van der Waals surface area contributed by atoms with E-state index in [1.807, 2.05) is 0 Å². The van der Waals surface area contributed by atoms with Crippen molar-refractivity contribution in [3.63, 3.8) is 0 Å². The summed E-state index contributed by atoms with van der Waals surface area (Å²) in [6.07, 6.45) is -4.43. The van der Waals surface area contributed by atoms with Gasteiger partial charge in [-0.2, -0.15) is 13.2 Å². The van der Waals surface area contributed by atoms with E-state index in [0.29, 0.717) is 27.9 Å². The van der Waals surface area contributed by atoms with Gasteiger partial charge in [-0.15, -0.1) is 0 Å². The number of hydrogen-bond donors (Lipinski definition) is 0. The Bertz CT molecular complexity index is 1170. The molecule has 1 amide bonds. The van der Waals surface area contributed by atoms with Gasteiger partial charge in [-0.25, -0.2) is 8.78 Å². The summed E-state index contributed by atoms with van der Waals surface area (Å²) in [5.41, 5.74) is 0.515. The van der Waals surface area contributed by atoms with E-state index in [2.05, 4.69) is 0 Å². The Morgan fingerprint density at radius 1 is 0.903 bits per heavy atom. The van der Waals surface area contributed by atoms with Crippen LogP contribution in [0.2, 0.25) is 0 Å². The SMILES string of the molecule is CN1C(=O)C(C)(Cc2cc(F)cc(F)c2)c2cc(-c3cccc(C(F)(F)F)c3)ccc21. The number of rotatable bonds is 3. The maximum absolute atomic E-state index is 13.7. The van der Waals surface area contributed by atoms with E-state index in [4.69, 9.17) is 0 Å². The predicted molar refractivity (Wildman–Crippen MR) is 108 cm³/mol. The van der Waals surface area contributed by atoms with Crippen LogP contribution in [-0.2, 0) is 22.8 Å². The average molecular weight is 431 g/mol. The zero-order chi connectivity index (χ0) is 22.6. The maximum Gasteiger partial charge on any atom is 0.416 e. The number of likely N-dealkylation sites (N-methyl/N-ethyl adjacent to an activating group) is 1. The first-order valence-corrected chi connectivity index (χ1v) is 9.54. The van der Waals surface area contributed by atoms with Crippen LogP contribution >= 0.6 is 0 Å². The van der Waals surface area contributed by atoms with Gasteiger partial charge in [0.2, 0.25) is 5.91 Å². The number of amides is 1. The average Bonchev–Trinajstić information content (AvgIpc) is 2.88. The van der Waals surface area contributed by atoms with E-state index in [1.165, 1.54) is 23.1 Å². The molecule has 1 atom stereocenters. The second-order valence-corrected chi connectivity index (χ2v) is 7.96. The minimum absolute atomic E-state index is 0.0455. The van der Waals surface area contributed by atoms with Gasteiger partial charge in [0.15, 0.2) is 0 Å². The molecular formula is C24H18F5NO. The number of hydrogen-bond acceptors (Lipinski definition) is 1. The number of alkyl halides is 3. The molecule has 0 radical (unpaired) electrons. The zero-order valence-electron chi connectivity index (χ0n) is 16.7. The van der Waals surface area contributed by atoms with E-state index in [9.17, 15) is 26.7 Å². The van der Waals surface area contributed by atoms with Gasteiger partial charge in [-0.05, 0) is 72.0 Å². The van der Waals surface area contributed by atoms with E-state index < -0.39 is 28.8 Å². The summed E-state index contributed by atoms with van der Waals surface area (Å²) >= 11 is 0.